The van der Waals surface area contributed by atoms with Gasteiger partial charge in [-0.1, -0.05) is 39.0 Å². The number of fused-ring (bicyclic) bond motifs is 2. The smallest absolute Gasteiger partial charge is 0.309 e. The Morgan fingerprint density at radius 3 is 2.92 bits per heavy atom. The molecule has 0 amide bonds. The molecule has 0 aliphatic carbocycles. The first kappa shape index (κ1) is 16.1. The van der Waals surface area contributed by atoms with E-state index in [0.717, 1.165) is 34.9 Å². The Balaban J connectivity index is 1.63. The first-order valence-electron chi connectivity index (χ1n) is 7.11. The van der Waals surface area contributed by atoms with Gasteiger partial charge in [-0.25, -0.2) is 4.98 Å². The van der Waals surface area contributed by atoms with Gasteiger partial charge in [0.2, 0.25) is 0 Å². The highest BCUT2D eigenvalue weighted by Crippen LogP contribution is 2.30. The lowest BCUT2D eigenvalue weighted by Gasteiger charge is -2.08. The normalized spacial score (nSPS) is 11.4. The van der Waals surface area contributed by atoms with Gasteiger partial charge >= 0.3 is 4.87 Å². The summed E-state index contributed by atoms with van der Waals surface area (Å²) in [6.45, 7) is 0.445. The van der Waals surface area contributed by atoms with Crippen LogP contribution in [-0.2, 0) is 6.67 Å². The van der Waals surface area contributed by atoms with Crippen LogP contribution in [0.15, 0.2) is 50.0 Å². The quantitative estimate of drug-likeness (QED) is 0.444. The molecule has 0 saturated carbocycles. The number of anilines is 1. The van der Waals surface area contributed by atoms with Crippen molar-refractivity contribution in [1.29, 1.82) is 0 Å². The summed E-state index contributed by atoms with van der Waals surface area (Å²) >= 11 is 8.05. The Kier molecular flexibility index (Phi) is 4.38. The van der Waals surface area contributed by atoms with Crippen molar-refractivity contribution in [3.8, 4) is 0 Å². The van der Waals surface area contributed by atoms with E-state index in [1.54, 1.807) is 27.7 Å². The van der Waals surface area contributed by atoms with E-state index < -0.39 is 0 Å². The van der Waals surface area contributed by atoms with Gasteiger partial charge in [0.05, 0.1) is 27.1 Å². The first-order valence-corrected chi connectivity index (χ1v) is 10.8. The van der Waals surface area contributed by atoms with Gasteiger partial charge in [-0.2, -0.15) is 0 Å². The Bertz CT molecular complexity index is 1100. The fraction of sp³-hybridized carbons (Fsp3) is 0.125. The summed E-state index contributed by atoms with van der Waals surface area (Å²) in [6.07, 6.45) is 2.03. The van der Waals surface area contributed by atoms with Gasteiger partial charge in [-0.05, 0) is 42.7 Å². The summed E-state index contributed by atoms with van der Waals surface area (Å²) in [7, 11) is 0. The lowest BCUT2D eigenvalue weighted by molar-refractivity contribution is 0.792. The third-order valence-electron chi connectivity index (χ3n) is 3.62. The molecule has 0 aliphatic rings. The van der Waals surface area contributed by atoms with Crippen LogP contribution < -0.4 is 10.2 Å². The van der Waals surface area contributed by atoms with E-state index in [2.05, 4.69) is 32.3 Å². The molecule has 8 heteroatoms. The third-order valence-corrected chi connectivity index (χ3v) is 7.05. The van der Waals surface area contributed by atoms with Crippen LogP contribution in [0, 0.1) is 0 Å². The fourth-order valence-corrected chi connectivity index (χ4v) is 5.43. The van der Waals surface area contributed by atoms with Crippen LogP contribution in [0.25, 0.3) is 20.4 Å². The largest absolute Gasteiger partial charge is 0.367 e. The average molecular weight is 438 g/mol. The number of hydrogen-bond donors (Lipinski definition) is 1. The molecule has 2 aromatic heterocycles. The van der Waals surface area contributed by atoms with E-state index in [4.69, 9.17) is 0 Å². The fourth-order valence-electron chi connectivity index (χ4n) is 2.46. The van der Waals surface area contributed by atoms with Gasteiger partial charge in [0.1, 0.15) is 0 Å². The molecular weight excluding hydrogens is 426 g/mol. The number of benzene rings is 2. The maximum atomic E-state index is 12.2. The summed E-state index contributed by atoms with van der Waals surface area (Å²) < 4.78 is 5.94. The number of hydrogen-bond acceptors (Lipinski definition) is 6. The van der Waals surface area contributed by atoms with Gasteiger partial charge in [0, 0.05) is 10.2 Å². The molecule has 4 nitrogen and oxygen atoms in total. The molecular formula is C16H12BrN3OS3. The van der Waals surface area contributed by atoms with Crippen molar-refractivity contribution in [2.75, 3.05) is 11.6 Å². The number of nitrogens with zero attached hydrogens (tertiary/aromatic N) is 2. The molecule has 0 fully saturated rings. The van der Waals surface area contributed by atoms with Crippen LogP contribution in [0.5, 0.6) is 0 Å². The average Bonchev–Trinajstić information content (AvgIpc) is 3.11. The zero-order valence-electron chi connectivity index (χ0n) is 12.6. The standard InChI is InChI=1S/C16H12BrN3OS3/c1-22-15-19-11-4-3-10(7-13(11)23-15)18-8-20-12-5-2-9(17)6-14(12)24-16(20)21/h2-7,18H,8H2,1H3. The molecule has 0 aliphatic heterocycles. The Morgan fingerprint density at radius 2 is 2.08 bits per heavy atom. The van der Waals surface area contributed by atoms with Crippen LogP contribution >= 0.6 is 50.4 Å². The van der Waals surface area contributed by atoms with Crippen molar-refractivity contribution in [1.82, 2.24) is 9.55 Å². The lowest BCUT2D eigenvalue weighted by Crippen LogP contribution is -2.18. The second kappa shape index (κ2) is 6.51. The summed E-state index contributed by atoms with van der Waals surface area (Å²) in [5, 5.41) is 3.34. The van der Waals surface area contributed by atoms with Gasteiger partial charge in [-0.15, -0.1) is 11.3 Å². The first-order chi connectivity index (χ1) is 11.6. The molecule has 0 radical (unpaired) electrons. The van der Waals surface area contributed by atoms with E-state index in [0.29, 0.717) is 6.67 Å². The molecule has 0 spiro atoms. The highest BCUT2D eigenvalue weighted by Gasteiger charge is 2.08. The minimum atomic E-state index is 0.0409. The van der Waals surface area contributed by atoms with Gasteiger partial charge in [-0.3, -0.25) is 9.36 Å². The van der Waals surface area contributed by atoms with E-state index in [1.807, 2.05) is 36.6 Å². The molecule has 1 N–H and O–H groups in total. The molecule has 122 valence electrons. The van der Waals surface area contributed by atoms with Crippen LogP contribution in [-0.4, -0.2) is 15.8 Å². The van der Waals surface area contributed by atoms with Crippen molar-refractivity contribution >= 4 is 76.5 Å². The van der Waals surface area contributed by atoms with E-state index in [9.17, 15) is 4.79 Å². The summed E-state index contributed by atoms with van der Waals surface area (Å²) in [4.78, 5) is 16.8. The number of thiazole rings is 2. The van der Waals surface area contributed by atoms with Crippen LogP contribution in [0.1, 0.15) is 0 Å². The summed E-state index contributed by atoms with van der Waals surface area (Å²) in [5.41, 5.74) is 2.95. The van der Waals surface area contributed by atoms with Gasteiger partial charge in [0.25, 0.3) is 0 Å². The summed E-state index contributed by atoms with van der Waals surface area (Å²) in [6, 6.07) is 12.0. The predicted molar refractivity (Wildman–Crippen MR) is 109 cm³/mol. The molecule has 2 heterocycles. The number of rotatable bonds is 4. The topological polar surface area (TPSA) is 46.9 Å². The maximum Gasteiger partial charge on any atom is 0.309 e. The Hall–Kier alpha value is -1.35. The monoisotopic (exact) mass is 437 g/mol. The van der Waals surface area contributed by atoms with Crippen molar-refractivity contribution in [3.63, 3.8) is 0 Å². The van der Waals surface area contributed by atoms with E-state index in [1.165, 1.54) is 11.3 Å². The lowest BCUT2D eigenvalue weighted by atomic mass is 10.3. The van der Waals surface area contributed by atoms with E-state index in [-0.39, 0.29) is 4.87 Å². The van der Waals surface area contributed by atoms with Crippen LogP contribution in [0.4, 0.5) is 5.69 Å². The van der Waals surface area contributed by atoms with Crippen molar-refractivity contribution in [3.05, 3.63) is 50.5 Å². The highest BCUT2D eigenvalue weighted by atomic mass is 79.9. The summed E-state index contributed by atoms with van der Waals surface area (Å²) in [5.74, 6) is 0. The van der Waals surface area contributed by atoms with Crippen molar-refractivity contribution in [2.24, 2.45) is 0 Å². The van der Waals surface area contributed by atoms with Crippen LogP contribution in [0.2, 0.25) is 0 Å². The Morgan fingerprint density at radius 1 is 1.21 bits per heavy atom. The van der Waals surface area contributed by atoms with Gasteiger partial charge in [0.15, 0.2) is 4.34 Å². The Labute approximate surface area is 158 Å². The zero-order chi connectivity index (χ0) is 16.7. The zero-order valence-corrected chi connectivity index (χ0v) is 16.6. The molecule has 0 atom stereocenters. The third kappa shape index (κ3) is 2.99. The van der Waals surface area contributed by atoms with Crippen molar-refractivity contribution in [2.45, 2.75) is 11.0 Å². The number of thioether (sulfide) groups is 1. The highest BCUT2D eigenvalue weighted by molar-refractivity contribution is 9.10. The van der Waals surface area contributed by atoms with E-state index >= 15 is 0 Å². The molecule has 4 aromatic rings. The second-order valence-electron chi connectivity index (χ2n) is 5.11. The molecule has 2 aromatic carbocycles. The molecule has 4 rings (SSSR count). The number of halogens is 1. The molecule has 24 heavy (non-hydrogen) atoms. The SMILES string of the molecule is CSc1nc2ccc(NCn3c(=O)sc4cc(Br)ccc43)cc2s1. The molecule has 0 unspecified atom stereocenters. The minimum Gasteiger partial charge on any atom is -0.367 e. The number of aromatic nitrogens is 2. The van der Waals surface area contributed by atoms with Crippen molar-refractivity contribution < 1.29 is 0 Å². The number of nitrogens with one attached hydrogen (secondary N) is 1. The van der Waals surface area contributed by atoms with Gasteiger partial charge < -0.3 is 5.32 Å². The van der Waals surface area contributed by atoms with Crippen LogP contribution in [0.3, 0.4) is 0 Å². The maximum absolute atomic E-state index is 12.2. The second-order valence-corrected chi connectivity index (χ2v) is 9.10. The predicted octanol–water partition coefficient (Wildman–Crippen LogP) is 5.23. The molecule has 0 bridgehead atoms. The molecule has 0 saturated heterocycles. The minimum absolute atomic E-state index is 0.0409.